The molecule has 2 fully saturated rings. The minimum Gasteiger partial charge on any atom is -0.349 e. The first kappa shape index (κ1) is 8.29. The Labute approximate surface area is 76.0 Å². The number of piperazine rings is 1. The molecule has 3 N–H and O–H groups in total. The van der Waals surface area contributed by atoms with Gasteiger partial charge in [0.25, 0.3) is 0 Å². The zero-order valence-corrected chi connectivity index (χ0v) is 7.40. The van der Waals surface area contributed by atoms with Crippen molar-refractivity contribution in [2.75, 3.05) is 6.54 Å². The third-order valence-corrected chi connectivity index (χ3v) is 2.67. The van der Waals surface area contributed by atoms with Crippen LogP contribution in [0, 0.1) is 0 Å². The summed E-state index contributed by atoms with van der Waals surface area (Å²) >= 11 is 5.91. The van der Waals surface area contributed by atoms with Crippen molar-refractivity contribution in [3.63, 3.8) is 0 Å². The number of hydrogen-bond donors (Lipinski definition) is 3. The van der Waals surface area contributed by atoms with Gasteiger partial charge in [0, 0.05) is 0 Å². The average molecular weight is 190 g/mol. The standard InChI is InChI=1S/C7H12ClN3O/c8-5-2-1-4-7(11-5)9-3-6(12)10-4/h4-5,7,9,11H,1-3H2,(H,10,12). The van der Waals surface area contributed by atoms with Gasteiger partial charge in [0.1, 0.15) is 0 Å². The second-order valence-electron chi connectivity index (χ2n) is 3.24. The van der Waals surface area contributed by atoms with E-state index in [-0.39, 0.29) is 23.6 Å². The quantitative estimate of drug-likeness (QED) is 0.351. The molecule has 2 aliphatic rings. The summed E-state index contributed by atoms with van der Waals surface area (Å²) in [6, 6.07) is 0.209. The maximum absolute atomic E-state index is 11.0. The number of amides is 1. The topological polar surface area (TPSA) is 53.2 Å². The van der Waals surface area contributed by atoms with Crippen LogP contribution in [0.4, 0.5) is 0 Å². The summed E-state index contributed by atoms with van der Waals surface area (Å²) in [4.78, 5) is 11.0. The van der Waals surface area contributed by atoms with Crippen molar-refractivity contribution >= 4 is 17.5 Å². The number of alkyl halides is 1. The second-order valence-corrected chi connectivity index (χ2v) is 3.77. The summed E-state index contributed by atoms with van der Waals surface area (Å²) in [5, 5.41) is 9.19. The molecule has 0 aliphatic carbocycles. The van der Waals surface area contributed by atoms with Crippen LogP contribution in [0.1, 0.15) is 12.8 Å². The van der Waals surface area contributed by atoms with Crippen molar-refractivity contribution in [3.05, 3.63) is 0 Å². The van der Waals surface area contributed by atoms with E-state index in [1.807, 2.05) is 0 Å². The molecular formula is C7H12ClN3O. The lowest BCUT2D eigenvalue weighted by molar-refractivity contribution is -0.123. The van der Waals surface area contributed by atoms with Crippen LogP contribution in [0.3, 0.4) is 0 Å². The van der Waals surface area contributed by atoms with Crippen LogP contribution in [0.2, 0.25) is 0 Å². The highest BCUT2D eigenvalue weighted by molar-refractivity contribution is 6.20. The van der Waals surface area contributed by atoms with Gasteiger partial charge in [-0.3, -0.25) is 15.4 Å². The zero-order valence-electron chi connectivity index (χ0n) is 6.64. The lowest BCUT2D eigenvalue weighted by atomic mass is 10.0. The average Bonchev–Trinajstić information content (AvgIpc) is 2.05. The van der Waals surface area contributed by atoms with E-state index in [2.05, 4.69) is 16.0 Å². The Morgan fingerprint density at radius 3 is 3.08 bits per heavy atom. The number of piperidine rings is 1. The number of fused-ring (bicyclic) bond motifs is 1. The Bertz CT molecular complexity index is 199. The maximum atomic E-state index is 11.0. The van der Waals surface area contributed by atoms with Crippen molar-refractivity contribution in [1.82, 2.24) is 16.0 Å². The molecule has 12 heavy (non-hydrogen) atoms. The summed E-state index contributed by atoms with van der Waals surface area (Å²) in [6.45, 7) is 0.387. The minimum atomic E-state index is 0.0359. The monoisotopic (exact) mass is 189 g/mol. The Morgan fingerprint density at radius 1 is 1.42 bits per heavy atom. The van der Waals surface area contributed by atoms with Gasteiger partial charge in [-0.05, 0) is 12.8 Å². The summed E-state index contributed by atoms with van der Waals surface area (Å²) in [5.74, 6) is 0.0751. The van der Waals surface area contributed by atoms with E-state index in [1.54, 1.807) is 0 Å². The normalized spacial score (nSPS) is 41.8. The third kappa shape index (κ3) is 1.55. The number of hydrogen-bond acceptors (Lipinski definition) is 3. The van der Waals surface area contributed by atoms with Crippen molar-refractivity contribution in [1.29, 1.82) is 0 Å². The summed E-state index contributed by atoms with van der Waals surface area (Å²) < 4.78 is 0. The molecule has 2 aliphatic heterocycles. The van der Waals surface area contributed by atoms with Gasteiger partial charge in [0.05, 0.1) is 24.3 Å². The van der Waals surface area contributed by atoms with E-state index in [0.717, 1.165) is 12.8 Å². The van der Waals surface area contributed by atoms with Gasteiger partial charge in [0.2, 0.25) is 5.91 Å². The molecule has 68 valence electrons. The lowest BCUT2D eigenvalue weighted by Gasteiger charge is -2.39. The Morgan fingerprint density at radius 2 is 2.25 bits per heavy atom. The number of rotatable bonds is 0. The predicted octanol–water partition coefficient (Wildman–Crippen LogP) is -0.651. The third-order valence-electron chi connectivity index (χ3n) is 2.32. The molecule has 3 unspecified atom stereocenters. The number of carbonyl (C=O) groups excluding carboxylic acids is 1. The fourth-order valence-corrected chi connectivity index (χ4v) is 1.97. The zero-order chi connectivity index (χ0) is 8.55. The van der Waals surface area contributed by atoms with Crippen molar-refractivity contribution in [2.24, 2.45) is 0 Å². The first-order chi connectivity index (χ1) is 5.75. The SMILES string of the molecule is O=C1CNC2NC(Cl)CCC2N1. The van der Waals surface area contributed by atoms with Gasteiger partial charge in [-0.15, -0.1) is 11.6 Å². The van der Waals surface area contributed by atoms with Crippen LogP contribution in [0.15, 0.2) is 0 Å². The van der Waals surface area contributed by atoms with E-state index in [9.17, 15) is 4.79 Å². The van der Waals surface area contributed by atoms with Crippen LogP contribution in [-0.2, 0) is 4.79 Å². The molecule has 0 aromatic heterocycles. The van der Waals surface area contributed by atoms with Gasteiger partial charge in [-0.2, -0.15) is 0 Å². The van der Waals surface area contributed by atoms with Crippen LogP contribution in [-0.4, -0.2) is 30.2 Å². The fourth-order valence-electron chi connectivity index (χ4n) is 1.70. The van der Waals surface area contributed by atoms with Crippen LogP contribution in [0.5, 0.6) is 0 Å². The molecular weight excluding hydrogens is 178 g/mol. The summed E-state index contributed by atoms with van der Waals surface area (Å²) in [7, 11) is 0. The number of halogens is 1. The minimum absolute atomic E-state index is 0.0359. The van der Waals surface area contributed by atoms with E-state index >= 15 is 0 Å². The highest BCUT2D eigenvalue weighted by Crippen LogP contribution is 2.16. The first-order valence-corrected chi connectivity index (χ1v) is 4.62. The van der Waals surface area contributed by atoms with E-state index in [4.69, 9.17) is 11.6 Å². The van der Waals surface area contributed by atoms with E-state index in [0.29, 0.717) is 6.54 Å². The van der Waals surface area contributed by atoms with Crippen LogP contribution < -0.4 is 16.0 Å². The van der Waals surface area contributed by atoms with Gasteiger partial charge in [-0.25, -0.2) is 0 Å². The van der Waals surface area contributed by atoms with Gasteiger partial charge in [-0.1, -0.05) is 0 Å². The fraction of sp³-hybridized carbons (Fsp3) is 0.857. The van der Waals surface area contributed by atoms with Crippen molar-refractivity contribution in [2.45, 2.75) is 30.6 Å². The maximum Gasteiger partial charge on any atom is 0.234 e. The molecule has 2 heterocycles. The molecule has 1 amide bonds. The Balaban J connectivity index is 1.98. The molecule has 0 aromatic carbocycles. The molecule has 0 saturated carbocycles. The molecule has 0 radical (unpaired) electrons. The predicted molar refractivity (Wildman–Crippen MR) is 45.7 cm³/mol. The number of nitrogens with one attached hydrogen (secondary N) is 3. The van der Waals surface area contributed by atoms with Gasteiger partial charge < -0.3 is 5.32 Å². The molecule has 3 atom stereocenters. The molecule has 4 nitrogen and oxygen atoms in total. The van der Waals surface area contributed by atoms with Gasteiger partial charge in [0.15, 0.2) is 0 Å². The largest absolute Gasteiger partial charge is 0.349 e. The summed E-state index contributed by atoms with van der Waals surface area (Å²) in [6.07, 6.45) is 2.01. The Kier molecular flexibility index (Phi) is 2.21. The molecule has 5 heteroatoms. The molecule has 0 bridgehead atoms. The second kappa shape index (κ2) is 3.20. The molecule has 2 saturated heterocycles. The highest BCUT2D eigenvalue weighted by atomic mass is 35.5. The van der Waals surface area contributed by atoms with E-state index < -0.39 is 0 Å². The highest BCUT2D eigenvalue weighted by Gasteiger charge is 2.32. The number of carbonyl (C=O) groups is 1. The van der Waals surface area contributed by atoms with Crippen molar-refractivity contribution < 1.29 is 4.79 Å². The molecule has 2 rings (SSSR count). The summed E-state index contributed by atoms with van der Waals surface area (Å²) in [5.41, 5.74) is 0.0359. The lowest BCUT2D eigenvalue weighted by Crippen LogP contribution is -2.67. The smallest absolute Gasteiger partial charge is 0.234 e. The van der Waals surface area contributed by atoms with Crippen LogP contribution >= 0.6 is 11.6 Å². The Hall–Kier alpha value is -0.320. The van der Waals surface area contributed by atoms with Crippen molar-refractivity contribution in [3.8, 4) is 0 Å². The van der Waals surface area contributed by atoms with Gasteiger partial charge >= 0.3 is 0 Å². The van der Waals surface area contributed by atoms with Crippen LogP contribution in [0.25, 0.3) is 0 Å². The van der Waals surface area contributed by atoms with E-state index in [1.165, 1.54) is 0 Å². The molecule has 0 aromatic rings. The first-order valence-electron chi connectivity index (χ1n) is 4.18. The molecule has 0 spiro atoms.